The van der Waals surface area contributed by atoms with Crippen LogP contribution in [0, 0.1) is 11.8 Å². The molecule has 0 saturated carbocycles. The molecule has 32 heavy (non-hydrogen) atoms. The number of alkyl halides is 1. The quantitative estimate of drug-likeness (QED) is 0.446. The van der Waals surface area contributed by atoms with Gasteiger partial charge in [-0.1, -0.05) is 27.7 Å². The summed E-state index contributed by atoms with van der Waals surface area (Å²) in [6.07, 6.45) is -3.07. The van der Waals surface area contributed by atoms with Crippen LogP contribution in [-0.4, -0.2) is 58.1 Å². The van der Waals surface area contributed by atoms with E-state index in [-0.39, 0.29) is 17.7 Å². The molecule has 0 bridgehead atoms. The first kappa shape index (κ1) is 25.7. The molecular formula is C20H32FN5O6. The fraction of sp³-hybridized carbons (Fsp3) is 0.700. The lowest BCUT2D eigenvalue weighted by molar-refractivity contribution is -0.164. The molecule has 1 aliphatic rings. The largest absolute Gasteiger partial charge is 0.462 e. The van der Waals surface area contributed by atoms with E-state index >= 15 is 4.39 Å². The molecule has 2 rings (SSSR count). The first-order valence-corrected chi connectivity index (χ1v) is 10.3. The molecule has 1 saturated heterocycles. The minimum atomic E-state index is -2.40. The number of halogens is 1. The van der Waals surface area contributed by atoms with Crippen molar-refractivity contribution in [3.05, 3.63) is 22.7 Å². The number of nitrogens with two attached hydrogens (primary N) is 3. The van der Waals surface area contributed by atoms with E-state index in [1.54, 1.807) is 27.7 Å². The van der Waals surface area contributed by atoms with E-state index in [0.717, 1.165) is 11.5 Å². The maximum atomic E-state index is 16.0. The van der Waals surface area contributed by atoms with Crippen molar-refractivity contribution in [3.63, 3.8) is 0 Å². The van der Waals surface area contributed by atoms with Crippen LogP contribution >= 0.6 is 0 Å². The first-order chi connectivity index (χ1) is 14.8. The number of ether oxygens (including phenoxy) is 3. The summed E-state index contributed by atoms with van der Waals surface area (Å²) in [6, 6.07) is -0.613. The van der Waals surface area contributed by atoms with Crippen LogP contribution in [0.4, 0.5) is 10.2 Å². The smallest absolute Gasteiger partial charge is 0.351 e. The van der Waals surface area contributed by atoms with Crippen LogP contribution in [0.2, 0.25) is 0 Å². The van der Waals surface area contributed by atoms with Gasteiger partial charge in [-0.05, 0) is 24.8 Å². The van der Waals surface area contributed by atoms with Gasteiger partial charge in [-0.2, -0.15) is 4.98 Å². The highest BCUT2D eigenvalue weighted by molar-refractivity contribution is 5.76. The standard InChI is InChI=1S/C20H32FN5O6/c1-9(2)13(23)16(27)30-8-11-15(32-17(28)14(24)10(3)4)20(5,21)18(31-11)26-7-6-12(22)25-19(26)29/h6-7,9-11,13-15,18H,8,23-24H2,1-5H3,(H2,22,25,29)/t11-,13?,14?,15?,18-,20?/m1/s1. The average molecular weight is 458 g/mol. The summed E-state index contributed by atoms with van der Waals surface area (Å²) in [4.78, 5) is 40.5. The number of esters is 2. The SMILES string of the molecule is CC(C)C(N)C(=O)OC[C@H]1O[C@@H](n2ccc(N)nc2=O)C(C)(F)C1OC(=O)C(N)C(C)C. The van der Waals surface area contributed by atoms with E-state index in [9.17, 15) is 14.4 Å². The second-order valence-corrected chi connectivity index (χ2v) is 8.75. The minimum Gasteiger partial charge on any atom is -0.462 e. The highest BCUT2D eigenvalue weighted by atomic mass is 19.1. The monoisotopic (exact) mass is 457 g/mol. The fourth-order valence-electron chi connectivity index (χ4n) is 3.14. The zero-order chi connectivity index (χ0) is 24.4. The Hall–Kier alpha value is -2.57. The predicted molar refractivity (Wildman–Crippen MR) is 113 cm³/mol. The summed E-state index contributed by atoms with van der Waals surface area (Å²) >= 11 is 0. The summed E-state index contributed by atoms with van der Waals surface area (Å²) in [7, 11) is 0. The zero-order valence-electron chi connectivity index (χ0n) is 18.9. The zero-order valence-corrected chi connectivity index (χ0v) is 18.9. The van der Waals surface area contributed by atoms with Crippen molar-refractivity contribution in [2.45, 2.75) is 70.8 Å². The summed E-state index contributed by atoms with van der Waals surface area (Å²) in [5, 5.41) is 0. The topological polar surface area (TPSA) is 175 Å². The Bertz CT molecular complexity index is 889. The molecule has 4 unspecified atom stereocenters. The van der Waals surface area contributed by atoms with Crippen LogP contribution in [0.15, 0.2) is 17.1 Å². The summed E-state index contributed by atoms with van der Waals surface area (Å²) < 4.78 is 33.1. The van der Waals surface area contributed by atoms with Crippen LogP contribution in [-0.2, 0) is 23.8 Å². The van der Waals surface area contributed by atoms with Crippen LogP contribution in [0.5, 0.6) is 0 Å². The van der Waals surface area contributed by atoms with E-state index < -0.39 is 60.4 Å². The van der Waals surface area contributed by atoms with Gasteiger partial charge >= 0.3 is 17.6 Å². The van der Waals surface area contributed by atoms with Gasteiger partial charge in [0.1, 0.15) is 30.6 Å². The molecule has 12 heteroatoms. The maximum Gasteiger partial charge on any atom is 0.351 e. The van der Waals surface area contributed by atoms with Crippen LogP contribution < -0.4 is 22.9 Å². The molecule has 2 heterocycles. The van der Waals surface area contributed by atoms with Gasteiger partial charge in [0.2, 0.25) is 0 Å². The van der Waals surface area contributed by atoms with E-state index in [1.165, 1.54) is 12.3 Å². The first-order valence-electron chi connectivity index (χ1n) is 10.3. The lowest BCUT2D eigenvalue weighted by Crippen LogP contribution is -2.49. The van der Waals surface area contributed by atoms with Crippen LogP contribution in [0.1, 0.15) is 40.8 Å². The highest BCUT2D eigenvalue weighted by Gasteiger charge is 2.58. The molecule has 0 aromatic carbocycles. The van der Waals surface area contributed by atoms with E-state index in [0.29, 0.717) is 0 Å². The van der Waals surface area contributed by atoms with Crippen molar-refractivity contribution in [1.29, 1.82) is 0 Å². The Morgan fingerprint density at radius 1 is 1.22 bits per heavy atom. The van der Waals surface area contributed by atoms with Gasteiger partial charge in [0.25, 0.3) is 0 Å². The lowest BCUT2D eigenvalue weighted by atomic mass is 9.97. The third-order valence-corrected chi connectivity index (χ3v) is 5.40. The number of anilines is 1. The lowest BCUT2D eigenvalue weighted by Gasteiger charge is -2.29. The van der Waals surface area contributed by atoms with E-state index in [2.05, 4.69) is 4.98 Å². The van der Waals surface area contributed by atoms with Gasteiger partial charge < -0.3 is 31.4 Å². The normalized spacial score (nSPS) is 27.4. The van der Waals surface area contributed by atoms with Crippen molar-refractivity contribution < 1.29 is 28.2 Å². The van der Waals surface area contributed by atoms with Crippen LogP contribution in [0.25, 0.3) is 0 Å². The maximum absolute atomic E-state index is 16.0. The molecule has 1 fully saturated rings. The van der Waals surface area contributed by atoms with Crippen molar-refractivity contribution in [3.8, 4) is 0 Å². The molecule has 1 aromatic heterocycles. The Morgan fingerprint density at radius 3 is 2.31 bits per heavy atom. The summed E-state index contributed by atoms with van der Waals surface area (Å²) in [5.41, 5.74) is 13.9. The van der Waals surface area contributed by atoms with Gasteiger partial charge in [0, 0.05) is 6.20 Å². The molecule has 6 N–H and O–H groups in total. The molecule has 0 radical (unpaired) electrons. The Morgan fingerprint density at radius 2 is 1.78 bits per heavy atom. The molecule has 0 amide bonds. The van der Waals surface area contributed by atoms with E-state index in [4.69, 9.17) is 31.4 Å². The van der Waals surface area contributed by atoms with Crippen molar-refractivity contribution >= 4 is 17.8 Å². The number of carbonyl (C=O) groups excluding carboxylic acids is 2. The van der Waals surface area contributed by atoms with Gasteiger partial charge in [-0.25, -0.2) is 9.18 Å². The molecular weight excluding hydrogens is 425 g/mol. The Kier molecular flexibility index (Phi) is 7.97. The molecule has 0 aliphatic carbocycles. The van der Waals surface area contributed by atoms with Crippen molar-refractivity contribution in [2.75, 3.05) is 12.3 Å². The van der Waals surface area contributed by atoms with Crippen molar-refractivity contribution in [1.82, 2.24) is 9.55 Å². The number of hydrogen-bond donors (Lipinski definition) is 3. The number of hydrogen-bond acceptors (Lipinski definition) is 10. The number of rotatable bonds is 8. The number of carbonyl (C=O) groups is 2. The third-order valence-electron chi connectivity index (χ3n) is 5.40. The van der Waals surface area contributed by atoms with Crippen molar-refractivity contribution in [2.24, 2.45) is 23.3 Å². The number of nitrogens with zero attached hydrogens (tertiary/aromatic N) is 2. The molecule has 11 nitrogen and oxygen atoms in total. The van der Waals surface area contributed by atoms with Gasteiger partial charge in [0.15, 0.2) is 18.0 Å². The summed E-state index contributed by atoms with van der Waals surface area (Å²) in [5.74, 6) is -2.08. The van der Waals surface area contributed by atoms with Gasteiger partial charge in [-0.15, -0.1) is 0 Å². The van der Waals surface area contributed by atoms with E-state index in [1.807, 2.05) is 0 Å². The second kappa shape index (κ2) is 9.92. The summed E-state index contributed by atoms with van der Waals surface area (Å²) in [6.45, 7) is 7.56. The fourth-order valence-corrected chi connectivity index (χ4v) is 3.14. The number of nitrogen functional groups attached to an aromatic ring is 1. The average Bonchev–Trinajstić information content (AvgIpc) is 2.94. The third kappa shape index (κ3) is 5.43. The second-order valence-electron chi connectivity index (χ2n) is 8.75. The predicted octanol–water partition coefficient (Wildman–Crippen LogP) is -0.127. The minimum absolute atomic E-state index is 0.0520. The molecule has 180 valence electrons. The molecule has 0 spiro atoms. The Labute approximate surface area is 185 Å². The highest BCUT2D eigenvalue weighted by Crippen LogP contribution is 2.42. The molecule has 1 aromatic rings. The number of aromatic nitrogens is 2. The van der Waals surface area contributed by atoms with Crippen LogP contribution in [0.3, 0.4) is 0 Å². The molecule has 6 atom stereocenters. The molecule has 1 aliphatic heterocycles. The Balaban J connectivity index is 2.34. The van der Waals surface area contributed by atoms with Gasteiger partial charge in [-0.3, -0.25) is 14.2 Å². The van der Waals surface area contributed by atoms with Gasteiger partial charge in [0.05, 0.1) is 0 Å².